The van der Waals surface area contributed by atoms with Gasteiger partial charge < -0.3 is 51.2 Å². The van der Waals surface area contributed by atoms with Gasteiger partial charge in [0.05, 0.1) is 23.3 Å². The summed E-state index contributed by atoms with van der Waals surface area (Å²) in [5.74, 6) is 6.40. The molecule has 8 bridgehead atoms. The van der Waals surface area contributed by atoms with E-state index in [1.807, 2.05) is 76.7 Å². The molecule has 1 radical (unpaired) electrons. The summed E-state index contributed by atoms with van der Waals surface area (Å²) < 4.78 is 0. The summed E-state index contributed by atoms with van der Waals surface area (Å²) in [6.45, 7) is 3.20. The van der Waals surface area contributed by atoms with Crippen LogP contribution in [0.4, 0.5) is 0 Å². The molecule has 289 valence electrons. The van der Waals surface area contributed by atoms with Crippen LogP contribution in [0.3, 0.4) is 0 Å². The summed E-state index contributed by atoms with van der Waals surface area (Å²) in [6, 6.07) is 16.2. The molecule has 4 aliphatic heterocycles. The van der Waals surface area contributed by atoms with Crippen LogP contribution in [0.2, 0.25) is 0 Å². The molecule has 17 heteroatoms. The van der Waals surface area contributed by atoms with Crippen LogP contribution in [0.15, 0.2) is 68.1 Å². The van der Waals surface area contributed by atoms with Gasteiger partial charge in [-0.3, -0.25) is 0 Å². The monoisotopic (exact) mass is 853 g/mol. The number of fused-ring (bicyclic) bond motifs is 20. The van der Waals surface area contributed by atoms with Gasteiger partial charge in [0.2, 0.25) is 0 Å². The molecule has 9 rings (SSSR count). The van der Waals surface area contributed by atoms with Crippen LogP contribution in [0.5, 0.6) is 0 Å². The van der Waals surface area contributed by atoms with Crippen molar-refractivity contribution in [2.24, 2.45) is 0 Å². The van der Waals surface area contributed by atoms with E-state index in [2.05, 4.69) is 9.80 Å². The first-order valence-corrected chi connectivity index (χ1v) is 21.8. The summed E-state index contributed by atoms with van der Waals surface area (Å²) in [5, 5.41) is 0. The molecule has 0 atom stereocenters. The molecule has 0 unspecified atom stereocenters. The normalized spacial score (nSPS) is 13.7. The third-order valence-electron chi connectivity index (χ3n) is 8.45. The van der Waals surface area contributed by atoms with Crippen molar-refractivity contribution in [2.45, 2.75) is 32.4 Å². The van der Waals surface area contributed by atoms with E-state index in [9.17, 15) is 0 Å². The Morgan fingerprint density at radius 3 is 0.982 bits per heavy atom. The molecular weight excluding hydrogens is 812 g/mol. The maximum atomic E-state index is 6.77. The average molecular weight is 854 g/mol. The Bertz CT molecular complexity index is 1980. The van der Waals surface area contributed by atoms with Gasteiger partial charge in [-0.25, -0.2) is 9.97 Å². The summed E-state index contributed by atoms with van der Waals surface area (Å²) >= 11 is 7.09. The van der Waals surface area contributed by atoms with Crippen LogP contribution in [0, 0.1) is 0 Å². The van der Waals surface area contributed by atoms with E-state index in [1.165, 1.54) is 0 Å². The van der Waals surface area contributed by atoms with Gasteiger partial charge in [-0.15, -0.1) is 60.1 Å². The molecule has 12 nitrogen and oxygen atoms in total. The minimum absolute atomic E-state index is 0. The summed E-state index contributed by atoms with van der Waals surface area (Å²) in [6.07, 6.45) is 1.99. The largest absolute Gasteiger partial charge is 2.00 e. The molecule has 0 saturated heterocycles. The fraction of sp³-hybridized carbons (Fsp3) is 0.368. The number of benzene rings is 2. The first-order chi connectivity index (χ1) is 26.3. The molecule has 0 amide bonds. The molecule has 3 aromatic heterocycles. The number of hydrogen-bond donors (Lipinski definition) is 0. The van der Waals surface area contributed by atoms with E-state index < -0.39 is 0 Å². The van der Waals surface area contributed by atoms with Crippen molar-refractivity contribution in [1.82, 2.24) is 49.7 Å². The molecule has 2 N–H and O–H groups in total. The second-order valence-electron chi connectivity index (χ2n) is 13.1. The Morgan fingerprint density at radius 2 is 0.764 bits per heavy atom. The molecule has 0 saturated carbocycles. The summed E-state index contributed by atoms with van der Waals surface area (Å²) in [7, 11) is 8.09. The number of hydrogen-bond acceptors (Lipinski definition) is 12. The van der Waals surface area contributed by atoms with Crippen molar-refractivity contribution in [3.8, 4) is 45.6 Å². The Morgan fingerprint density at radius 1 is 0.491 bits per heavy atom. The number of thioether (sulfide) groups is 4. The van der Waals surface area contributed by atoms with Crippen molar-refractivity contribution in [1.29, 1.82) is 0 Å². The average Bonchev–Trinajstić information content (AvgIpc) is 3.92. The Hall–Kier alpha value is -2.97. The van der Waals surface area contributed by atoms with Crippen molar-refractivity contribution in [3.05, 3.63) is 60.0 Å². The maximum absolute atomic E-state index is 6.77. The van der Waals surface area contributed by atoms with Crippen molar-refractivity contribution in [3.63, 3.8) is 0 Å². The van der Waals surface area contributed by atoms with E-state index in [-0.39, 0.29) is 16.8 Å². The molecular formula is C38H42CoN12S4-2. The summed E-state index contributed by atoms with van der Waals surface area (Å²) in [5.41, 5.74) is 19.9. The van der Waals surface area contributed by atoms with Crippen LogP contribution in [0.1, 0.15) is 12.8 Å². The predicted octanol–water partition coefficient (Wildman–Crippen LogP) is 8.19. The Kier molecular flexibility index (Phi) is 14.7. The SMILES string of the molecule is CN(C)CCC[NH-].CN(C)CCC[NH-].[Co+2].c1ccc2c(c1)-c1nc-2nc2[n-]c(nc3nc(nc4[n-]c(n1)c1c4SCCS1)-c1ccccc1-3)c1c2SCCS1. The first kappa shape index (κ1) is 41.7. The minimum atomic E-state index is 0. The van der Waals surface area contributed by atoms with Gasteiger partial charge in [0.25, 0.3) is 0 Å². The van der Waals surface area contributed by atoms with E-state index in [1.54, 1.807) is 47.0 Å². The zero-order chi connectivity index (χ0) is 37.6. The van der Waals surface area contributed by atoms with Gasteiger partial charge in [-0.05, 0) is 41.3 Å². The maximum Gasteiger partial charge on any atom is 2.00 e. The van der Waals surface area contributed by atoms with Gasteiger partial charge in [-0.1, -0.05) is 61.4 Å². The zero-order valence-electron chi connectivity index (χ0n) is 31.1. The van der Waals surface area contributed by atoms with E-state index >= 15 is 0 Å². The Labute approximate surface area is 349 Å². The van der Waals surface area contributed by atoms with E-state index in [0.717, 1.165) is 90.8 Å². The van der Waals surface area contributed by atoms with Gasteiger partial charge in [0.1, 0.15) is 0 Å². The third-order valence-corrected chi connectivity index (χ3v) is 13.6. The van der Waals surface area contributed by atoms with Crippen molar-refractivity contribution >= 4 is 69.6 Å². The van der Waals surface area contributed by atoms with Crippen molar-refractivity contribution in [2.75, 3.05) is 77.4 Å². The second kappa shape index (κ2) is 19.5. The number of aromatic nitrogens is 8. The number of rotatable bonds is 6. The quantitative estimate of drug-likeness (QED) is 0.158. The summed E-state index contributed by atoms with van der Waals surface area (Å²) in [4.78, 5) is 48.2. The predicted molar refractivity (Wildman–Crippen MR) is 227 cm³/mol. The van der Waals surface area contributed by atoms with Gasteiger partial charge in [-0.2, -0.15) is 0 Å². The fourth-order valence-corrected chi connectivity index (χ4v) is 10.6. The molecule has 4 aliphatic rings. The van der Waals surface area contributed by atoms with E-state index in [0.29, 0.717) is 59.0 Å². The third kappa shape index (κ3) is 9.60. The molecule has 2 aromatic carbocycles. The van der Waals surface area contributed by atoms with Crippen LogP contribution < -0.4 is 9.97 Å². The molecule has 7 heterocycles. The Balaban J connectivity index is 0.000000296. The van der Waals surface area contributed by atoms with Gasteiger partial charge >= 0.3 is 16.8 Å². The molecule has 0 spiro atoms. The van der Waals surface area contributed by atoms with Crippen LogP contribution >= 0.6 is 47.0 Å². The standard InChI is InChI=1S/C28H16N8S4.2C5H13N2.Co/c1-2-6-14-13(5-1)21-29-22(14)32-26-19-20(40-12-11-39-19)28(36-26)34-24-16-8-4-3-7-15(16)23(30-24)33-27-18-17(25(31-21)35-27)37-9-10-38-18;2*1-7(2)5-3-4-6;/h1-8H,9-12H2;2*6H,3-5H2,1-2H3;/q-2;2*-1;+2. The number of nitrogens with one attached hydrogen (secondary N) is 2. The zero-order valence-corrected chi connectivity index (χ0v) is 35.4. The van der Waals surface area contributed by atoms with Gasteiger partial charge in [0.15, 0.2) is 0 Å². The molecule has 0 fully saturated rings. The molecule has 5 aromatic rings. The second-order valence-corrected chi connectivity index (χ2v) is 17.5. The van der Waals surface area contributed by atoms with Crippen LogP contribution in [-0.4, -0.2) is 117 Å². The van der Waals surface area contributed by atoms with Crippen LogP contribution in [0.25, 0.3) is 79.6 Å². The smallest absolute Gasteiger partial charge is 0.677 e. The van der Waals surface area contributed by atoms with Gasteiger partial charge in [0, 0.05) is 87.4 Å². The minimum Gasteiger partial charge on any atom is -0.677 e. The van der Waals surface area contributed by atoms with Crippen molar-refractivity contribution < 1.29 is 16.8 Å². The topological polar surface area (TPSA) is 160 Å². The van der Waals surface area contributed by atoms with Crippen LogP contribution in [-0.2, 0) is 16.8 Å². The van der Waals surface area contributed by atoms with E-state index in [4.69, 9.17) is 51.3 Å². The number of nitrogens with zero attached hydrogens (tertiary/aromatic N) is 10. The molecule has 55 heavy (non-hydrogen) atoms. The first-order valence-electron chi connectivity index (χ1n) is 17.8. The fourth-order valence-electron chi connectivity index (χ4n) is 5.93. The molecule has 0 aliphatic carbocycles.